The second-order valence-electron chi connectivity index (χ2n) is 6.66. The van der Waals surface area contributed by atoms with Crippen molar-refractivity contribution >= 4 is 9.84 Å². The van der Waals surface area contributed by atoms with E-state index in [9.17, 15) is 8.42 Å². The fraction of sp³-hybridized carbons (Fsp3) is 0.647. The van der Waals surface area contributed by atoms with Crippen molar-refractivity contribution in [2.24, 2.45) is 5.92 Å². The molecule has 1 fully saturated rings. The van der Waals surface area contributed by atoms with E-state index < -0.39 is 9.84 Å². The summed E-state index contributed by atoms with van der Waals surface area (Å²) in [6, 6.07) is 6.16. The van der Waals surface area contributed by atoms with Gasteiger partial charge < -0.3 is 5.32 Å². The van der Waals surface area contributed by atoms with Crippen LogP contribution in [0.4, 0.5) is 0 Å². The Morgan fingerprint density at radius 3 is 2.33 bits per heavy atom. The van der Waals surface area contributed by atoms with Gasteiger partial charge in [0.05, 0.1) is 11.0 Å². The number of hydrogen-bond donors (Lipinski definition) is 1. The molecule has 3 atom stereocenters. The molecule has 0 bridgehead atoms. The van der Waals surface area contributed by atoms with Crippen LogP contribution in [-0.4, -0.2) is 26.8 Å². The van der Waals surface area contributed by atoms with E-state index >= 15 is 0 Å². The molecule has 1 aromatic carbocycles. The summed E-state index contributed by atoms with van der Waals surface area (Å²) < 4.78 is 25.7. The Morgan fingerprint density at radius 2 is 1.76 bits per heavy atom. The minimum absolute atomic E-state index is 0.0945. The molecule has 4 heteroatoms. The molecule has 2 rings (SSSR count). The summed E-state index contributed by atoms with van der Waals surface area (Å²) >= 11 is 0. The summed E-state index contributed by atoms with van der Waals surface area (Å²) in [6.07, 6.45) is 2.84. The van der Waals surface area contributed by atoms with E-state index in [2.05, 4.69) is 18.3 Å². The Bertz CT molecular complexity index is 575. The van der Waals surface area contributed by atoms with Crippen LogP contribution in [0.15, 0.2) is 18.2 Å². The van der Waals surface area contributed by atoms with Gasteiger partial charge in [0.15, 0.2) is 9.84 Å². The lowest BCUT2D eigenvalue weighted by Gasteiger charge is -2.34. The summed E-state index contributed by atoms with van der Waals surface area (Å²) in [6.45, 7) is 6.19. The quantitative estimate of drug-likeness (QED) is 0.930. The van der Waals surface area contributed by atoms with Gasteiger partial charge in [-0.25, -0.2) is 8.42 Å². The topological polar surface area (TPSA) is 46.2 Å². The molecule has 0 spiro atoms. The normalized spacial score (nSPS) is 26.8. The minimum Gasteiger partial charge on any atom is -0.316 e. The van der Waals surface area contributed by atoms with Crippen molar-refractivity contribution < 1.29 is 8.42 Å². The Labute approximate surface area is 129 Å². The van der Waals surface area contributed by atoms with E-state index in [4.69, 9.17) is 0 Å². The maximum Gasteiger partial charge on any atom is 0.158 e. The highest BCUT2D eigenvalue weighted by Crippen LogP contribution is 2.30. The van der Waals surface area contributed by atoms with Crippen LogP contribution in [0.3, 0.4) is 0 Å². The van der Waals surface area contributed by atoms with Gasteiger partial charge in [0.25, 0.3) is 0 Å². The first kappa shape index (κ1) is 16.5. The first-order chi connectivity index (χ1) is 9.81. The van der Waals surface area contributed by atoms with Crippen LogP contribution in [0.5, 0.6) is 0 Å². The highest BCUT2D eigenvalue weighted by atomic mass is 32.2. The molecule has 1 N–H and O–H groups in total. The Balaban J connectivity index is 2.23. The molecule has 1 aromatic rings. The molecular weight excluding hydrogens is 282 g/mol. The summed E-state index contributed by atoms with van der Waals surface area (Å²) in [5, 5.41) is 2.95. The van der Waals surface area contributed by atoms with Crippen molar-refractivity contribution in [3.8, 4) is 0 Å². The lowest BCUT2D eigenvalue weighted by atomic mass is 9.87. The standard InChI is InChI=1S/C17H27NO2S/c1-12-5-6-16(18-4)17(10-12)21(19,20)11-15-8-13(2)7-14(3)9-15/h7-9,12,16-18H,5-6,10-11H2,1-4H3. The van der Waals surface area contributed by atoms with Gasteiger partial charge in [0, 0.05) is 6.04 Å². The molecule has 0 aromatic heterocycles. The fourth-order valence-electron chi connectivity index (χ4n) is 3.55. The van der Waals surface area contributed by atoms with Gasteiger partial charge >= 0.3 is 0 Å². The van der Waals surface area contributed by atoms with Crippen LogP contribution in [0, 0.1) is 19.8 Å². The van der Waals surface area contributed by atoms with Crippen molar-refractivity contribution in [3.05, 3.63) is 34.9 Å². The van der Waals surface area contributed by atoms with E-state index in [0.29, 0.717) is 5.92 Å². The Kier molecular flexibility index (Phi) is 5.10. The number of hydrogen-bond acceptors (Lipinski definition) is 3. The van der Waals surface area contributed by atoms with E-state index in [-0.39, 0.29) is 17.0 Å². The van der Waals surface area contributed by atoms with Crippen LogP contribution in [0.25, 0.3) is 0 Å². The van der Waals surface area contributed by atoms with Crippen molar-refractivity contribution in [2.45, 2.75) is 57.1 Å². The molecule has 3 unspecified atom stereocenters. The zero-order valence-electron chi connectivity index (χ0n) is 13.5. The highest BCUT2D eigenvalue weighted by molar-refractivity contribution is 7.91. The molecule has 1 saturated carbocycles. The van der Waals surface area contributed by atoms with Gasteiger partial charge in [0.1, 0.15) is 0 Å². The average molecular weight is 309 g/mol. The molecule has 118 valence electrons. The number of benzene rings is 1. The summed E-state index contributed by atoms with van der Waals surface area (Å²) in [5.74, 6) is 0.652. The van der Waals surface area contributed by atoms with E-state index in [1.165, 1.54) is 0 Å². The maximum atomic E-state index is 12.9. The summed E-state index contributed by atoms with van der Waals surface area (Å²) in [5.41, 5.74) is 3.17. The molecule has 0 saturated heterocycles. The van der Waals surface area contributed by atoms with Gasteiger partial charge in [0.2, 0.25) is 0 Å². The third-order valence-corrected chi connectivity index (χ3v) is 6.71. The van der Waals surface area contributed by atoms with Crippen molar-refractivity contribution in [2.75, 3.05) is 7.05 Å². The zero-order chi connectivity index (χ0) is 15.6. The van der Waals surface area contributed by atoms with Crippen molar-refractivity contribution in [1.29, 1.82) is 0 Å². The van der Waals surface area contributed by atoms with Crippen LogP contribution in [0.2, 0.25) is 0 Å². The van der Waals surface area contributed by atoms with E-state index in [0.717, 1.165) is 36.0 Å². The lowest BCUT2D eigenvalue weighted by Crippen LogP contribution is -2.46. The molecule has 21 heavy (non-hydrogen) atoms. The maximum absolute atomic E-state index is 12.9. The average Bonchev–Trinajstić information content (AvgIpc) is 2.36. The molecular formula is C17H27NO2S. The Hall–Kier alpha value is -0.870. The number of nitrogens with one attached hydrogen (secondary N) is 1. The summed E-state index contributed by atoms with van der Waals surface area (Å²) in [4.78, 5) is 0. The Morgan fingerprint density at radius 1 is 1.14 bits per heavy atom. The minimum atomic E-state index is -3.13. The van der Waals surface area contributed by atoms with Gasteiger partial charge in [-0.2, -0.15) is 0 Å². The first-order valence-corrected chi connectivity index (χ1v) is 9.49. The van der Waals surface area contributed by atoms with E-state index in [1.807, 2.05) is 33.0 Å². The van der Waals surface area contributed by atoms with Crippen LogP contribution in [0.1, 0.15) is 42.9 Å². The second-order valence-corrected chi connectivity index (χ2v) is 8.87. The molecule has 0 radical (unpaired) electrons. The van der Waals surface area contributed by atoms with Gasteiger partial charge in [-0.05, 0) is 51.6 Å². The largest absolute Gasteiger partial charge is 0.316 e. The molecule has 0 aliphatic heterocycles. The van der Waals surface area contributed by atoms with Gasteiger partial charge in [-0.1, -0.05) is 36.2 Å². The molecule has 0 amide bonds. The predicted molar refractivity (Wildman–Crippen MR) is 88.2 cm³/mol. The first-order valence-electron chi connectivity index (χ1n) is 7.78. The SMILES string of the molecule is CNC1CCC(C)CC1S(=O)(=O)Cc1cc(C)cc(C)c1. The lowest BCUT2D eigenvalue weighted by molar-refractivity contribution is 0.319. The fourth-order valence-corrected chi connectivity index (χ4v) is 5.79. The molecule has 0 heterocycles. The second kappa shape index (κ2) is 6.49. The van der Waals surface area contributed by atoms with E-state index in [1.54, 1.807) is 0 Å². The third-order valence-electron chi connectivity index (χ3n) is 4.54. The smallest absolute Gasteiger partial charge is 0.158 e. The number of aryl methyl sites for hydroxylation is 2. The third kappa shape index (κ3) is 4.07. The van der Waals surface area contributed by atoms with Crippen LogP contribution < -0.4 is 5.32 Å². The molecule has 3 nitrogen and oxygen atoms in total. The van der Waals surface area contributed by atoms with Crippen molar-refractivity contribution in [1.82, 2.24) is 5.32 Å². The highest BCUT2D eigenvalue weighted by Gasteiger charge is 2.36. The number of rotatable bonds is 4. The number of sulfone groups is 1. The van der Waals surface area contributed by atoms with Crippen LogP contribution >= 0.6 is 0 Å². The summed E-state index contributed by atoms with van der Waals surface area (Å²) in [7, 11) is -1.25. The molecule has 1 aliphatic carbocycles. The van der Waals surface area contributed by atoms with Crippen LogP contribution in [-0.2, 0) is 15.6 Å². The molecule has 1 aliphatic rings. The van der Waals surface area contributed by atoms with Gasteiger partial charge in [-0.3, -0.25) is 0 Å². The monoisotopic (exact) mass is 309 g/mol. The zero-order valence-corrected chi connectivity index (χ0v) is 14.3. The van der Waals surface area contributed by atoms with Crippen molar-refractivity contribution in [3.63, 3.8) is 0 Å². The van der Waals surface area contributed by atoms with Gasteiger partial charge in [-0.15, -0.1) is 0 Å². The predicted octanol–water partition coefficient (Wildman–Crippen LogP) is 2.99.